The molecule has 1 saturated carbocycles. The first-order valence-electron chi connectivity index (χ1n) is 7.48. The Bertz CT molecular complexity index is 769. The van der Waals surface area contributed by atoms with Gasteiger partial charge in [-0.05, 0) is 25.0 Å². The van der Waals surface area contributed by atoms with Crippen LogP contribution in [0.1, 0.15) is 28.3 Å². The molecule has 7 heteroatoms. The highest BCUT2D eigenvalue weighted by molar-refractivity contribution is 7.09. The van der Waals surface area contributed by atoms with Crippen molar-refractivity contribution in [1.82, 2.24) is 10.3 Å². The molecular formula is C16H15N3O3S. The molecular weight excluding hydrogens is 314 g/mol. The van der Waals surface area contributed by atoms with Gasteiger partial charge in [0, 0.05) is 11.4 Å². The van der Waals surface area contributed by atoms with E-state index in [0.717, 1.165) is 23.5 Å². The predicted molar refractivity (Wildman–Crippen MR) is 85.7 cm³/mol. The first-order valence-corrected chi connectivity index (χ1v) is 8.36. The third-order valence-electron chi connectivity index (χ3n) is 3.80. The number of para-hydroxylation sites is 2. The molecule has 1 N–H and O–H groups in total. The minimum absolute atomic E-state index is 0.0252. The molecule has 0 atom stereocenters. The highest BCUT2D eigenvalue weighted by Crippen LogP contribution is 2.32. The molecule has 1 fully saturated rings. The smallest absolute Gasteiger partial charge is 0.270 e. The van der Waals surface area contributed by atoms with Crippen LogP contribution in [0.4, 0.5) is 5.69 Å². The second-order valence-electron chi connectivity index (χ2n) is 5.61. The molecule has 1 aliphatic carbocycles. The summed E-state index contributed by atoms with van der Waals surface area (Å²) in [5, 5.41) is 5.39. The maximum atomic E-state index is 12.2. The summed E-state index contributed by atoms with van der Waals surface area (Å²) in [5.74, 6) is 0.446. The van der Waals surface area contributed by atoms with Crippen molar-refractivity contribution >= 4 is 28.8 Å². The van der Waals surface area contributed by atoms with Crippen molar-refractivity contribution in [2.24, 2.45) is 0 Å². The van der Waals surface area contributed by atoms with Gasteiger partial charge in [0.15, 0.2) is 6.61 Å². The number of amides is 2. The van der Waals surface area contributed by atoms with Crippen LogP contribution in [0.15, 0.2) is 29.6 Å². The summed E-state index contributed by atoms with van der Waals surface area (Å²) in [6.45, 7) is 0.373. The van der Waals surface area contributed by atoms with E-state index < -0.39 is 0 Å². The number of nitrogens with zero attached hydrogens (tertiary/aromatic N) is 2. The van der Waals surface area contributed by atoms with Gasteiger partial charge in [-0.3, -0.25) is 14.5 Å². The number of aromatic nitrogens is 1. The standard InChI is InChI=1S/C16H15N3O3S/c20-15-8-22-13-4-2-1-3-12(13)19(15)7-14-18-11(9-23-14)16(21)17-10-5-6-10/h1-4,9-10H,5-8H2,(H,17,21). The van der Waals surface area contributed by atoms with E-state index in [1.807, 2.05) is 24.3 Å². The zero-order valence-electron chi connectivity index (χ0n) is 12.3. The van der Waals surface area contributed by atoms with Gasteiger partial charge >= 0.3 is 0 Å². The second-order valence-corrected chi connectivity index (χ2v) is 6.55. The summed E-state index contributed by atoms with van der Waals surface area (Å²) in [6.07, 6.45) is 2.09. The average molecular weight is 329 g/mol. The van der Waals surface area contributed by atoms with Crippen LogP contribution >= 0.6 is 11.3 Å². The predicted octanol–water partition coefficient (Wildman–Crippen LogP) is 1.96. The molecule has 0 saturated heterocycles. The van der Waals surface area contributed by atoms with Gasteiger partial charge in [-0.2, -0.15) is 0 Å². The number of hydrogen-bond acceptors (Lipinski definition) is 5. The van der Waals surface area contributed by atoms with E-state index in [2.05, 4.69) is 10.3 Å². The highest BCUT2D eigenvalue weighted by atomic mass is 32.1. The Morgan fingerprint density at radius 1 is 1.39 bits per heavy atom. The number of carbonyl (C=O) groups is 2. The SMILES string of the molecule is O=C(NC1CC1)c1csc(CN2C(=O)COc3ccccc32)n1. The number of nitrogens with one attached hydrogen (secondary N) is 1. The molecule has 1 aromatic carbocycles. The zero-order chi connectivity index (χ0) is 15.8. The van der Waals surface area contributed by atoms with Crippen LogP contribution in [0.25, 0.3) is 0 Å². The third kappa shape index (κ3) is 2.92. The van der Waals surface area contributed by atoms with E-state index in [-0.39, 0.29) is 18.4 Å². The fourth-order valence-electron chi connectivity index (χ4n) is 2.44. The second kappa shape index (κ2) is 5.66. The molecule has 0 bridgehead atoms. The van der Waals surface area contributed by atoms with Crippen LogP contribution in [0.2, 0.25) is 0 Å². The Morgan fingerprint density at radius 2 is 2.22 bits per heavy atom. The van der Waals surface area contributed by atoms with Gasteiger partial charge in [-0.15, -0.1) is 11.3 Å². The Kier molecular flexibility index (Phi) is 3.49. The first-order chi connectivity index (χ1) is 11.2. The van der Waals surface area contributed by atoms with E-state index in [4.69, 9.17) is 4.74 Å². The van der Waals surface area contributed by atoms with Crippen LogP contribution in [0.5, 0.6) is 5.75 Å². The van der Waals surface area contributed by atoms with E-state index in [1.54, 1.807) is 10.3 Å². The highest BCUT2D eigenvalue weighted by Gasteiger charge is 2.27. The fraction of sp³-hybridized carbons (Fsp3) is 0.312. The van der Waals surface area contributed by atoms with Crippen molar-refractivity contribution in [2.45, 2.75) is 25.4 Å². The van der Waals surface area contributed by atoms with Crippen LogP contribution in [0.3, 0.4) is 0 Å². The van der Waals surface area contributed by atoms with E-state index in [1.165, 1.54) is 11.3 Å². The molecule has 2 aliphatic rings. The van der Waals surface area contributed by atoms with Crippen molar-refractivity contribution in [2.75, 3.05) is 11.5 Å². The lowest BCUT2D eigenvalue weighted by Gasteiger charge is -2.28. The quantitative estimate of drug-likeness (QED) is 0.931. The topological polar surface area (TPSA) is 71.5 Å². The number of benzene rings is 1. The molecule has 2 amide bonds. The van der Waals surface area contributed by atoms with Gasteiger partial charge in [0.25, 0.3) is 11.8 Å². The number of ether oxygens (including phenoxy) is 1. The minimum Gasteiger partial charge on any atom is -0.482 e. The van der Waals surface area contributed by atoms with Crippen molar-refractivity contribution in [3.8, 4) is 5.75 Å². The molecule has 0 spiro atoms. The summed E-state index contributed by atoms with van der Waals surface area (Å²) in [4.78, 5) is 30.2. The molecule has 118 valence electrons. The van der Waals surface area contributed by atoms with Crippen molar-refractivity contribution < 1.29 is 14.3 Å². The van der Waals surface area contributed by atoms with Gasteiger partial charge < -0.3 is 10.1 Å². The molecule has 1 aliphatic heterocycles. The molecule has 2 heterocycles. The largest absolute Gasteiger partial charge is 0.482 e. The van der Waals surface area contributed by atoms with Gasteiger partial charge in [0.2, 0.25) is 0 Å². The van der Waals surface area contributed by atoms with Gasteiger partial charge in [0.1, 0.15) is 16.5 Å². The number of carbonyl (C=O) groups excluding carboxylic acids is 2. The van der Waals surface area contributed by atoms with Crippen LogP contribution in [-0.2, 0) is 11.3 Å². The molecule has 23 heavy (non-hydrogen) atoms. The van der Waals surface area contributed by atoms with Crippen LogP contribution in [-0.4, -0.2) is 29.4 Å². The average Bonchev–Trinajstić information content (AvgIpc) is 3.24. The monoisotopic (exact) mass is 329 g/mol. The van der Waals surface area contributed by atoms with Crippen molar-refractivity contribution in [3.05, 3.63) is 40.3 Å². The first kappa shape index (κ1) is 14.2. The van der Waals surface area contributed by atoms with Crippen molar-refractivity contribution in [3.63, 3.8) is 0 Å². The van der Waals surface area contributed by atoms with Crippen molar-refractivity contribution in [1.29, 1.82) is 0 Å². The number of thiazole rings is 1. The molecule has 2 aromatic rings. The van der Waals surface area contributed by atoms with E-state index in [0.29, 0.717) is 24.0 Å². The molecule has 0 unspecified atom stereocenters. The summed E-state index contributed by atoms with van der Waals surface area (Å²) in [6, 6.07) is 7.73. The summed E-state index contributed by atoms with van der Waals surface area (Å²) in [5.41, 5.74) is 1.16. The third-order valence-corrected chi connectivity index (χ3v) is 4.63. The Labute approximate surface area is 137 Å². The number of rotatable bonds is 4. The maximum Gasteiger partial charge on any atom is 0.270 e. The molecule has 6 nitrogen and oxygen atoms in total. The van der Waals surface area contributed by atoms with Gasteiger partial charge in [-0.25, -0.2) is 4.98 Å². The maximum absolute atomic E-state index is 12.2. The van der Waals surface area contributed by atoms with Crippen LogP contribution in [0, 0.1) is 0 Å². The lowest BCUT2D eigenvalue weighted by molar-refractivity contribution is -0.121. The number of hydrogen-bond donors (Lipinski definition) is 1. The van der Waals surface area contributed by atoms with Crippen LogP contribution < -0.4 is 15.0 Å². The number of fused-ring (bicyclic) bond motifs is 1. The molecule has 1 aromatic heterocycles. The Balaban J connectivity index is 1.52. The summed E-state index contributed by atoms with van der Waals surface area (Å²) in [7, 11) is 0. The normalized spacial score (nSPS) is 16.7. The lowest BCUT2D eigenvalue weighted by Crippen LogP contribution is -2.38. The Hall–Kier alpha value is -2.41. The van der Waals surface area contributed by atoms with Gasteiger partial charge in [-0.1, -0.05) is 12.1 Å². The van der Waals surface area contributed by atoms with Gasteiger partial charge in [0.05, 0.1) is 12.2 Å². The Morgan fingerprint density at radius 3 is 3.04 bits per heavy atom. The summed E-state index contributed by atoms with van der Waals surface area (Å²) < 4.78 is 5.43. The zero-order valence-corrected chi connectivity index (χ0v) is 13.1. The molecule has 0 radical (unpaired) electrons. The molecule has 4 rings (SSSR count). The number of anilines is 1. The fourth-order valence-corrected chi connectivity index (χ4v) is 3.20. The van der Waals surface area contributed by atoms with E-state index >= 15 is 0 Å². The van der Waals surface area contributed by atoms with E-state index in [9.17, 15) is 9.59 Å². The minimum atomic E-state index is -0.135. The lowest BCUT2D eigenvalue weighted by atomic mass is 10.2. The summed E-state index contributed by atoms with van der Waals surface area (Å²) >= 11 is 1.39.